The van der Waals surface area contributed by atoms with Crippen LogP contribution in [-0.2, 0) is 9.59 Å². The summed E-state index contributed by atoms with van der Waals surface area (Å²) >= 11 is 0. The number of aromatic nitrogens is 1. The molecule has 16 heavy (non-hydrogen) atoms. The van der Waals surface area contributed by atoms with Gasteiger partial charge in [0.25, 0.3) is 0 Å². The number of carbonyl (C=O) groups excluding carboxylic acids is 2. The van der Waals surface area contributed by atoms with E-state index in [1.54, 1.807) is 30.0 Å². The molecule has 1 atom stereocenters. The fraction of sp³-hybridized carbons (Fsp3) is 0.300. The first kappa shape index (κ1) is 10.4. The van der Waals surface area contributed by atoms with E-state index in [1.807, 2.05) is 0 Å². The highest BCUT2D eigenvalue weighted by Gasteiger charge is 2.30. The van der Waals surface area contributed by atoms with E-state index in [1.165, 1.54) is 0 Å². The molecule has 2 heterocycles. The molecule has 2 rings (SSSR count). The van der Waals surface area contributed by atoms with Crippen LogP contribution in [0, 0.1) is 0 Å². The largest absolute Gasteiger partial charge is 0.384 e. The molecule has 2 amide bonds. The summed E-state index contributed by atoms with van der Waals surface area (Å²) in [5.74, 6) is 0.256. The van der Waals surface area contributed by atoms with Gasteiger partial charge in [-0.3, -0.25) is 14.9 Å². The SMILES string of the molecule is CC1C(=O)NC(=O)CN1c1cccc(N)n1. The van der Waals surface area contributed by atoms with Gasteiger partial charge in [-0.2, -0.15) is 0 Å². The number of imide groups is 1. The highest BCUT2D eigenvalue weighted by Crippen LogP contribution is 2.17. The molecule has 0 radical (unpaired) electrons. The summed E-state index contributed by atoms with van der Waals surface area (Å²) in [7, 11) is 0. The Kier molecular flexibility index (Phi) is 2.47. The van der Waals surface area contributed by atoms with E-state index in [4.69, 9.17) is 5.73 Å². The van der Waals surface area contributed by atoms with Crippen molar-refractivity contribution < 1.29 is 9.59 Å². The summed E-state index contributed by atoms with van der Waals surface area (Å²) in [5.41, 5.74) is 5.56. The quantitative estimate of drug-likeness (QED) is 0.624. The van der Waals surface area contributed by atoms with Gasteiger partial charge in [-0.05, 0) is 19.1 Å². The van der Waals surface area contributed by atoms with Gasteiger partial charge in [-0.1, -0.05) is 6.07 Å². The first-order chi connectivity index (χ1) is 7.58. The van der Waals surface area contributed by atoms with E-state index in [0.717, 1.165) is 0 Å². The number of nitrogen functional groups attached to an aromatic ring is 1. The molecule has 0 bridgehead atoms. The summed E-state index contributed by atoms with van der Waals surface area (Å²) in [5, 5.41) is 2.26. The number of rotatable bonds is 1. The van der Waals surface area contributed by atoms with Crippen molar-refractivity contribution >= 4 is 23.5 Å². The Hall–Kier alpha value is -2.11. The van der Waals surface area contributed by atoms with Gasteiger partial charge in [-0.15, -0.1) is 0 Å². The lowest BCUT2D eigenvalue weighted by Gasteiger charge is -2.32. The number of nitrogens with one attached hydrogen (secondary N) is 1. The summed E-state index contributed by atoms with van der Waals surface area (Å²) in [4.78, 5) is 28.4. The number of hydrogen-bond donors (Lipinski definition) is 2. The van der Waals surface area contributed by atoms with Crippen LogP contribution in [0.4, 0.5) is 11.6 Å². The molecule has 1 aromatic heterocycles. The second kappa shape index (κ2) is 3.80. The number of pyridine rings is 1. The Bertz CT molecular complexity index is 446. The summed E-state index contributed by atoms with van der Waals surface area (Å²) in [6.45, 7) is 1.83. The highest BCUT2D eigenvalue weighted by molar-refractivity contribution is 6.04. The Morgan fingerprint density at radius 3 is 2.94 bits per heavy atom. The molecule has 6 nitrogen and oxygen atoms in total. The molecule has 0 spiro atoms. The van der Waals surface area contributed by atoms with Gasteiger partial charge in [-0.25, -0.2) is 4.98 Å². The predicted octanol–water partition coefficient (Wildman–Crippen LogP) is -0.485. The molecule has 3 N–H and O–H groups in total. The summed E-state index contributed by atoms with van der Waals surface area (Å²) in [6.07, 6.45) is 0. The molecule has 0 saturated carbocycles. The van der Waals surface area contributed by atoms with Crippen LogP contribution in [0.25, 0.3) is 0 Å². The first-order valence-corrected chi connectivity index (χ1v) is 4.91. The van der Waals surface area contributed by atoms with Crippen molar-refractivity contribution in [3.8, 4) is 0 Å². The molecule has 1 saturated heterocycles. The zero-order chi connectivity index (χ0) is 11.7. The molecule has 84 valence electrons. The molecule has 1 aromatic rings. The summed E-state index contributed by atoms with van der Waals surface area (Å²) < 4.78 is 0. The van der Waals surface area contributed by atoms with E-state index in [9.17, 15) is 9.59 Å². The molecule has 0 aliphatic carbocycles. The maximum Gasteiger partial charge on any atom is 0.249 e. The zero-order valence-corrected chi connectivity index (χ0v) is 8.80. The standard InChI is InChI=1S/C10H12N4O2/c1-6-10(16)13-9(15)5-14(6)8-4-2-3-7(11)12-8/h2-4,6H,5H2,1H3,(H2,11,12)(H,13,15,16). The third-order valence-electron chi connectivity index (χ3n) is 2.47. The van der Waals surface area contributed by atoms with E-state index in [0.29, 0.717) is 11.6 Å². The zero-order valence-electron chi connectivity index (χ0n) is 8.80. The van der Waals surface area contributed by atoms with Crippen LogP contribution < -0.4 is 16.0 Å². The van der Waals surface area contributed by atoms with Crippen molar-refractivity contribution in [1.82, 2.24) is 10.3 Å². The lowest BCUT2D eigenvalue weighted by Crippen LogP contribution is -2.57. The van der Waals surface area contributed by atoms with Crippen LogP contribution in [0.3, 0.4) is 0 Å². The molecular formula is C10H12N4O2. The molecule has 0 aromatic carbocycles. The summed E-state index contributed by atoms with van der Waals surface area (Å²) in [6, 6.07) is 4.69. The lowest BCUT2D eigenvalue weighted by atomic mass is 10.2. The van der Waals surface area contributed by atoms with Crippen LogP contribution in [-0.4, -0.2) is 29.4 Å². The topological polar surface area (TPSA) is 88.3 Å². The Balaban J connectivity index is 2.32. The number of carbonyl (C=O) groups is 2. The Labute approximate surface area is 92.4 Å². The van der Waals surface area contributed by atoms with E-state index in [2.05, 4.69) is 10.3 Å². The fourth-order valence-corrected chi connectivity index (χ4v) is 1.59. The van der Waals surface area contributed by atoms with Gasteiger partial charge >= 0.3 is 0 Å². The van der Waals surface area contributed by atoms with Gasteiger partial charge in [0, 0.05) is 0 Å². The number of anilines is 2. The van der Waals surface area contributed by atoms with Crippen LogP contribution in [0.2, 0.25) is 0 Å². The van der Waals surface area contributed by atoms with Crippen LogP contribution in [0.15, 0.2) is 18.2 Å². The smallest absolute Gasteiger partial charge is 0.249 e. The average Bonchev–Trinajstić information content (AvgIpc) is 2.23. The molecule has 1 aliphatic heterocycles. The molecule has 1 fully saturated rings. The van der Waals surface area contributed by atoms with Gasteiger partial charge in [0.15, 0.2) is 0 Å². The van der Waals surface area contributed by atoms with E-state index < -0.39 is 6.04 Å². The van der Waals surface area contributed by atoms with Crippen molar-refractivity contribution in [3.05, 3.63) is 18.2 Å². The average molecular weight is 220 g/mol. The van der Waals surface area contributed by atoms with E-state index >= 15 is 0 Å². The molecule has 1 unspecified atom stereocenters. The van der Waals surface area contributed by atoms with Crippen molar-refractivity contribution in [1.29, 1.82) is 0 Å². The fourth-order valence-electron chi connectivity index (χ4n) is 1.59. The van der Waals surface area contributed by atoms with Gasteiger partial charge in [0.05, 0.1) is 6.54 Å². The number of hydrogen-bond acceptors (Lipinski definition) is 5. The lowest BCUT2D eigenvalue weighted by molar-refractivity contribution is -0.132. The number of piperazine rings is 1. The second-order valence-electron chi connectivity index (χ2n) is 3.64. The third kappa shape index (κ3) is 1.81. The monoisotopic (exact) mass is 220 g/mol. The van der Waals surface area contributed by atoms with E-state index in [-0.39, 0.29) is 18.4 Å². The van der Waals surface area contributed by atoms with Gasteiger partial charge in [0.2, 0.25) is 11.8 Å². The third-order valence-corrected chi connectivity index (χ3v) is 2.47. The van der Waals surface area contributed by atoms with Crippen molar-refractivity contribution in [2.45, 2.75) is 13.0 Å². The number of nitrogens with zero attached hydrogens (tertiary/aromatic N) is 2. The van der Waals surface area contributed by atoms with Gasteiger partial charge < -0.3 is 10.6 Å². The Morgan fingerprint density at radius 2 is 2.25 bits per heavy atom. The second-order valence-corrected chi connectivity index (χ2v) is 3.64. The molecular weight excluding hydrogens is 208 g/mol. The number of amides is 2. The Morgan fingerprint density at radius 1 is 1.50 bits per heavy atom. The minimum Gasteiger partial charge on any atom is -0.384 e. The normalized spacial score (nSPS) is 20.8. The maximum atomic E-state index is 11.4. The van der Waals surface area contributed by atoms with Crippen LogP contribution in [0.1, 0.15) is 6.92 Å². The van der Waals surface area contributed by atoms with Crippen molar-refractivity contribution in [2.75, 3.05) is 17.2 Å². The van der Waals surface area contributed by atoms with Crippen LogP contribution in [0.5, 0.6) is 0 Å². The predicted molar refractivity (Wildman–Crippen MR) is 58.6 cm³/mol. The maximum absolute atomic E-state index is 11.4. The van der Waals surface area contributed by atoms with Gasteiger partial charge in [0.1, 0.15) is 17.7 Å². The minimum absolute atomic E-state index is 0.114. The molecule has 6 heteroatoms. The van der Waals surface area contributed by atoms with Crippen molar-refractivity contribution in [3.63, 3.8) is 0 Å². The highest BCUT2D eigenvalue weighted by atomic mass is 16.2. The first-order valence-electron chi connectivity index (χ1n) is 4.91. The van der Waals surface area contributed by atoms with Crippen molar-refractivity contribution in [2.24, 2.45) is 0 Å². The van der Waals surface area contributed by atoms with Crippen LogP contribution >= 0.6 is 0 Å². The minimum atomic E-state index is -0.424. The number of nitrogens with two attached hydrogens (primary N) is 1. The molecule has 1 aliphatic rings.